The smallest absolute Gasteiger partial charge is 0.225 e. The molecule has 0 aromatic heterocycles. The summed E-state index contributed by atoms with van der Waals surface area (Å²) in [6.45, 7) is 9.94. The third-order valence-corrected chi connectivity index (χ3v) is 2.83. The van der Waals surface area contributed by atoms with E-state index in [1.54, 1.807) is 7.11 Å². The van der Waals surface area contributed by atoms with Gasteiger partial charge in [-0.05, 0) is 19.8 Å². The second-order valence-corrected chi connectivity index (χ2v) is 4.20. The fourth-order valence-electron chi connectivity index (χ4n) is 1.37. The molecule has 0 aromatic rings. The molecule has 0 fully saturated rings. The van der Waals surface area contributed by atoms with Crippen molar-refractivity contribution in [2.24, 2.45) is 5.92 Å². The normalized spacial score (nSPS) is 14.7. The largest absolute Gasteiger partial charge is 0.381 e. The van der Waals surface area contributed by atoms with Gasteiger partial charge in [-0.2, -0.15) is 0 Å². The zero-order valence-electron chi connectivity index (χ0n) is 10.7. The Morgan fingerprint density at radius 3 is 2.33 bits per heavy atom. The van der Waals surface area contributed by atoms with E-state index in [1.165, 1.54) is 0 Å². The van der Waals surface area contributed by atoms with Crippen molar-refractivity contribution in [1.29, 1.82) is 0 Å². The van der Waals surface area contributed by atoms with E-state index in [9.17, 15) is 4.79 Å². The number of ether oxygens (including phenoxy) is 1. The highest BCUT2D eigenvalue weighted by Crippen LogP contribution is 2.07. The van der Waals surface area contributed by atoms with Crippen LogP contribution in [0, 0.1) is 5.92 Å². The van der Waals surface area contributed by atoms with Crippen molar-refractivity contribution in [1.82, 2.24) is 4.90 Å². The number of nitrogens with zero attached hydrogens (tertiary/aromatic N) is 1. The first-order valence-corrected chi connectivity index (χ1v) is 5.85. The van der Waals surface area contributed by atoms with Crippen LogP contribution in [0.5, 0.6) is 0 Å². The molecule has 0 rings (SSSR count). The maximum Gasteiger partial charge on any atom is 0.225 e. The zero-order valence-corrected chi connectivity index (χ0v) is 10.7. The molecular weight excluding hydrogens is 190 g/mol. The SMILES string of the molecule is CCC(C)CN(CC)C(=O)CC(C)OC. The Morgan fingerprint density at radius 2 is 1.93 bits per heavy atom. The lowest BCUT2D eigenvalue weighted by atomic mass is 10.1. The quantitative estimate of drug-likeness (QED) is 0.652. The molecule has 0 radical (unpaired) electrons. The van der Waals surface area contributed by atoms with Crippen molar-refractivity contribution >= 4 is 5.91 Å². The van der Waals surface area contributed by atoms with Crippen molar-refractivity contribution < 1.29 is 9.53 Å². The summed E-state index contributed by atoms with van der Waals surface area (Å²) in [7, 11) is 1.64. The fraction of sp³-hybridized carbons (Fsp3) is 0.917. The Morgan fingerprint density at radius 1 is 1.33 bits per heavy atom. The molecule has 0 N–H and O–H groups in total. The maximum absolute atomic E-state index is 11.8. The molecule has 0 aliphatic heterocycles. The van der Waals surface area contributed by atoms with Crippen LogP contribution in [0.2, 0.25) is 0 Å². The number of hydrogen-bond donors (Lipinski definition) is 0. The molecule has 0 bridgehead atoms. The predicted octanol–water partition coefficient (Wildman–Crippen LogP) is 2.31. The Bertz CT molecular complexity index is 182. The highest BCUT2D eigenvalue weighted by Gasteiger charge is 2.16. The molecule has 0 spiro atoms. The minimum Gasteiger partial charge on any atom is -0.381 e. The lowest BCUT2D eigenvalue weighted by Gasteiger charge is -2.25. The van der Waals surface area contributed by atoms with Gasteiger partial charge in [0.25, 0.3) is 0 Å². The standard InChI is InChI=1S/C12H25NO2/c1-6-10(3)9-13(7-2)12(14)8-11(4)15-5/h10-11H,6-9H2,1-5H3. The van der Waals surface area contributed by atoms with Gasteiger partial charge in [0.2, 0.25) is 5.91 Å². The van der Waals surface area contributed by atoms with E-state index >= 15 is 0 Å². The summed E-state index contributed by atoms with van der Waals surface area (Å²) in [4.78, 5) is 13.8. The van der Waals surface area contributed by atoms with Gasteiger partial charge in [0.1, 0.15) is 0 Å². The molecule has 90 valence electrons. The Hall–Kier alpha value is -0.570. The maximum atomic E-state index is 11.8. The highest BCUT2D eigenvalue weighted by molar-refractivity contribution is 5.76. The summed E-state index contributed by atoms with van der Waals surface area (Å²) in [5.41, 5.74) is 0. The molecule has 15 heavy (non-hydrogen) atoms. The summed E-state index contributed by atoms with van der Waals surface area (Å²) in [6, 6.07) is 0. The number of amides is 1. The average molecular weight is 215 g/mol. The lowest BCUT2D eigenvalue weighted by Crippen LogP contribution is -2.36. The molecular formula is C12H25NO2. The number of rotatable bonds is 7. The van der Waals surface area contributed by atoms with Crippen molar-refractivity contribution in [2.75, 3.05) is 20.2 Å². The van der Waals surface area contributed by atoms with Gasteiger partial charge in [0.15, 0.2) is 0 Å². The van der Waals surface area contributed by atoms with E-state index in [0.717, 1.165) is 19.5 Å². The summed E-state index contributed by atoms with van der Waals surface area (Å²) in [6.07, 6.45) is 1.62. The van der Waals surface area contributed by atoms with Crippen LogP contribution in [-0.2, 0) is 9.53 Å². The lowest BCUT2D eigenvalue weighted by molar-refractivity contribution is -0.133. The monoisotopic (exact) mass is 215 g/mol. The molecule has 3 heteroatoms. The first kappa shape index (κ1) is 14.4. The van der Waals surface area contributed by atoms with Crippen LogP contribution < -0.4 is 0 Å². The minimum absolute atomic E-state index is 0.0171. The van der Waals surface area contributed by atoms with Crippen LogP contribution in [-0.4, -0.2) is 37.1 Å². The van der Waals surface area contributed by atoms with Crippen LogP contribution >= 0.6 is 0 Å². The number of methoxy groups -OCH3 is 1. The second kappa shape index (κ2) is 7.69. The van der Waals surface area contributed by atoms with Gasteiger partial charge in [-0.3, -0.25) is 4.79 Å². The van der Waals surface area contributed by atoms with Crippen molar-refractivity contribution in [3.05, 3.63) is 0 Å². The summed E-state index contributed by atoms with van der Waals surface area (Å²) < 4.78 is 5.10. The van der Waals surface area contributed by atoms with E-state index in [-0.39, 0.29) is 12.0 Å². The second-order valence-electron chi connectivity index (χ2n) is 4.20. The topological polar surface area (TPSA) is 29.5 Å². The molecule has 0 aliphatic rings. The molecule has 2 unspecified atom stereocenters. The average Bonchev–Trinajstić information content (AvgIpc) is 2.24. The molecule has 1 amide bonds. The van der Waals surface area contributed by atoms with Gasteiger partial charge >= 0.3 is 0 Å². The summed E-state index contributed by atoms with van der Waals surface area (Å²) in [5.74, 6) is 0.777. The Balaban J connectivity index is 4.10. The third-order valence-electron chi connectivity index (χ3n) is 2.83. The van der Waals surface area contributed by atoms with Crippen molar-refractivity contribution in [3.63, 3.8) is 0 Å². The van der Waals surface area contributed by atoms with Crippen LogP contribution in [0.1, 0.15) is 40.5 Å². The van der Waals surface area contributed by atoms with Crippen LogP contribution in [0.15, 0.2) is 0 Å². The van der Waals surface area contributed by atoms with Gasteiger partial charge in [-0.15, -0.1) is 0 Å². The predicted molar refractivity (Wildman–Crippen MR) is 62.8 cm³/mol. The van der Waals surface area contributed by atoms with Gasteiger partial charge in [0, 0.05) is 20.2 Å². The van der Waals surface area contributed by atoms with Crippen LogP contribution in [0.4, 0.5) is 0 Å². The Labute approximate surface area is 93.8 Å². The molecule has 0 heterocycles. The van der Waals surface area contributed by atoms with Crippen molar-refractivity contribution in [2.45, 2.75) is 46.6 Å². The van der Waals surface area contributed by atoms with Crippen molar-refractivity contribution in [3.8, 4) is 0 Å². The number of carbonyl (C=O) groups is 1. The molecule has 0 saturated carbocycles. The fourth-order valence-corrected chi connectivity index (χ4v) is 1.37. The Kier molecular flexibility index (Phi) is 7.39. The van der Waals surface area contributed by atoms with E-state index in [2.05, 4.69) is 13.8 Å². The van der Waals surface area contributed by atoms with E-state index in [4.69, 9.17) is 4.74 Å². The zero-order chi connectivity index (χ0) is 11.8. The highest BCUT2D eigenvalue weighted by atomic mass is 16.5. The number of carbonyl (C=O) groups excluding carboxylic acids is 1. The third kappa shape index (κ3) is 5.78. The molecule has 0 aromatic carbocycles. The number of hydrogen-bond acceptors (Lipinski definition) is 2. The molecule has 0 saturated heterocycles. The summed E-state index contributed by atoms with van der Waals surface area (Å²) >= 11 is 0. The van der Waals surface area contributed by atoms with Crippen LogP contribution in [0.3, 0.4) is 0 Å². The van der Waals surface area contributed by atoms with Gasteiger partial charge in [-0.1, -0.05) is 20.3 Å². The first-order valence-electron chi connectivity index (χ1n) is 5.85. The summed E-state index contributed by atoms with van der Waals surface area (Å²) in [5, 5.41) is 0. The van der Waals surface area contributed by atoms with E-state index < -0.39 is 0 Å². The van der Waals surface area contributed by atoms with Gasteiger partial charge in [0.05, 0.1) is 12.5 Å². The first-order chi connectivity index (χ1) is 7.04. The van der Waals surface area contributed by atoms with Crippen LogP contribution in [0.25, 0.3) is 0 Å². The van der Waals surface area contributed by atoms with Gasteiger partial charge < -0.3 is 9.64 Å². The van der Waals surface area contributed by atoms with E-state index in [0.29, 0.717) is 12.3 Å². The molecule has 3 nitrogen and oxygen atoms in total. The minimum atomic E-state index is 0.0171. The van der Waals surface area contributed by atoms with Gasteiger partial charge in [-0.25, -0.2) is 0 Å². The van der Waals surface area contributed by atoms with E-state index in [1.807, 2.05) is 18.7 Å². The molecule has 2 atom stereocenters. The molecule has 0 aliphatic carbocycles.